The molecule has 0 bridgehead atoms. The fraction of sp³-hybridized carbons (Fsp3) is 0.412. The minimum atomic E-state index is -3.59. The number of anilines is 1. The number of carbonyl (C=O) groups excluding carboxylic acids is 2. The molecule has 1 atom stereocenters. The maximum absolute atomic E-state index is 13.9. The first-order valence-corrected chi connectivity index (χ1v) is 16.8. The number of nitrogens with zero attached hydrogens (tertiary/aromatic N) is 2. The first-order chi connectivity index (χ1) is 20.6. The molecule has 8 nitrogen and oxygen atoms in total. The highest BCUT2D eigenvalue weighted by Crippen LogP contribution is 2.23. The zero-order chi connectivity index (χ0) is 31.2. The van der Waals surface area contributed by atoms with Gasteiger partial charge in [-0.3, -0.25) is 13.9 Å². The first kappa shape index (κ1) is 33.6. The molecule has 0 saturated carbocycles. The van der Waals surface area contributed by atoms with E-state index in [1.165, 1.54) is 4.31 Å². The van der Waals surface area contributed by atoms with Crippen LogP contribution < -0.4 is 14.4 Å². The van der Waals surface area contributed by atoms with Gasteiger partial charge >= 0.3 is 0 Å². The van der Waals surface area contributed by atoms with Gasteiger partial charge in [-0.25, -0.2) is 8.42 Å². The van der Waals surface area contributed by atoms with E-state index >= 15 is 0 Å². The summed E-state index contributed by atoms with van der Waals surface area (Å²) in [4.78, 5) is 29.2. The summed E-state index contributed by atoms with van der Waals surface area (Å²) in [5, 5.41) is 3.03. The second-order valence-electron chi connectivity index (χ2n) is 10.7. The van der Waals surface area contributed by atoms with Crippen LogP contribution in [0.25, 0.3) is 0 Å². The van der Waals surface area contributed by atoms with Crippen LogP contribution in [0.1, 0.15) is 56.2 Å². The Hall–Kier alpha value is -3.85. The van der Waals surface area contributed by atoms with Gasteiger partial charge in [-0.1, -0.05) is 73.5 Å². The van der Waals surface area contributed by atoms with Crippen LogP contribution in [0, 0.1) is 6.92 Å². The molecule has 0 aromatic heterocycles. The number of hydrogen-bond acceptors (Lipinski definition) is 5. The predicted molar refractivity (Wildman–Crippen MR) is 173 cm³/mol. The zero-order valence-corrected chi connectivity index (χ0v) is 26.6. The van der Waals surface area contributed by atoms with Gasteiger partial charge in [-0.05, 0) is 62.1 Å². The summed E-state index contributed by atoms with van der Waals surface area (Å²) in [7, 11) is -3.59. The van der Waals surface area contributed by atoms with Gasteiger partial charge in [-0.2, -0.15) is 0 Å². The molecule has 2 amide bonds. The van der Waals surface area contributed by atoms with E-state index < -0.39 is 16.1 Å². The minimum absolute atomic E-state index is 0.0858. The molecule has 0 aliphatic heterocycles. The van der Waals surface area contributed by atoms with Crippen molar-refractivity contribution < 1.29 is 22.7 Å². The molecule has 3 aromatic carbocycles. The number of ether oxygens (including phenoxy) is 1. The quantitative estimate of drug-likeness (QED) is 0.205. The highest BCUT2D eigenvalue weighted by atomic mass is 32.2. The number of benzene rings is 3. The van der Waals surface area contributed by atoms with Gasteiger partial charge in [0.05, 0.1) is 18.6 Å². The molecule has 0 aliphatic carbocycles. The first-order valence-electron chi connectivity index (χ1n) is 15.0. The third-order valence-electron chi connectivity index (χ3n) is 7.16. The van der Waals surface area contributed by atoms with Crippen LogP contribution in [0.5, 0.6) is 5.75 Å². The Morgan fingerprint density at radius 3 is 2.16 bits per heavy atom. The Bertz CT molecular complexity index is 1390. The smallest absolute Gasteiger partial charge is 0.243 e. The number of carbonyl (C=O) groups is 2. The molecule has 0 heterocycles. The van der Waals surface area contributed by atoms with E-state index in [2.05, 4.69) is 12.2 Å². The third-order valence-corrected chi connectivity index (χ3v) is 8.36. The van der Waals surface area contributed by atoms with Crippen LogP contribution in [0.4, 0.5) is 5.69 Å². The lowest BCUT2D eigenvalue weighted by molar-refractivity contribution is -0.141. The summed E-state index contributed by atoms with van der Waals surface area (Å²) in [5.41, 5.74) is 3.49. The van der Waals surface area contributed by atoms with Crippen LogP contribution in [0.15, 0.2) is 78.9 Å². The van der Waals surface area contributed by atoms with Crippen LogP contribution in [-0.2, 0) is 32.6 Å². The standard InChI is InChI=1S/C34H45N3O5S/c1-5-7-23-35-34(39)32(25-28-12-9-8-10-13-28)36(26-29-17-15-27(3)16-18-29)33(38)14-11-24-37(43(4,40)41)30-19-21-31(22-20-30)42-6-2/h8-10,12-13,15-22,32H,5-7,11,14,23-26H2,1-4H3,(H,35,39)/t32-/m1/s1. The lowest BCUT2D eigenvalue weighted by Crippen LogP contribution is -2.50. The Labute approximate surface area is 257 Å². The van der Waals surface area contributed by atoms with Gasteiger partial charge in [0.1, 0.15) is 11.8 Å². The Balaban J connectivity index is 1.84. The van der Waals surface area contributed by atoms with E-state index in [1.54, 1.807) is 29.2 Å². The van der Waals surface area contributed by atoms with E-state index in [0.29, 0.717) is 37.4 Å². The van der Waals surface area contributed by atoms with Crippen molar-refractivity contribution in [3.8, 4) is 5.75 Å². The number of amides is 2. The van der Waals surface area contributed by atoms with E-state index in [0.717, 1.165) is 35.8 Å². The second kappa shape index (κ2) is 16.7. The van der Waals surface area contributed by atoms with Crippen molar-refractivity contribution in [2.24, 2.45) is 0 Å². The van der Waals surface area contributed by atoms with Crippen molar-refractivity contribution in [1.29, 1.82) is 0 Å². The van der Waals surface area contributed by atoms with Gasteiger partial charge in [0, 0.05) is 32.5 Å². The fourth-order valence-corrected chi connectivity index (χ4v) is 5.79. The molecule has 0 aliphatic rings. The number of rotatable bonds is 17. The number of aryl methyl sites for hydroxylation is 1. The number of hydrogen-bond donors (Lipinski definition) is 1. The normalized spacial score (nSPS) is 11.9. The average Bonchev–Trinajstić information content (AvgIpc) is 2.98. The van der Waals surface area contributed by atoms with Gasteiger partial charge in [-0.15, -0.1) is 0 Å². The maximum atomic E-state index is 13.9. The molecule has 3 rings (SSSR count). The molecule has 0 radical (unpaired) electrons. The van der Waals surface area contributed by atoms with Crippen molar-refractivity contribution in [2.75, 3.05) is 30.3 Å². The van der Waals surface area contributed by atoms with E-state index in [-0.39, 0.29) is 31.3 Å². The summed E-state index contributed by atoms with van der Waals surface area (Å²) in [5.74, 6) is 0.264. The molecule has 0 fully saturated rings. The largest absolute Gasteiger partial charge is 0.494 e. The summed E-state index contributed by atoms with van der Waals surface area (Å²) >= 11 is 0. The van der Waals surface area contributed by atoms with Crippen LogP contribution in [-0.4, -0.2) is 57.1 Å². The van der Waals surface area contributed by atoms with Crippen molar-refractivity contribution in [1.82, 2.24) is 10.2 Å². The van der Waals surface area contributed by atoms with Crippen LogP contribution in [0.3, 0.4) is 0 Å². The molecular formula is C34H45N3O5S. The van der Waals surface area contributed by atoms with Crippen molar-refractivity contribution in [3.05, 3.63) is 95.6 Å². The summed E-state index contributed by atoms with van der Waals surface area (Å²) in [6.07, 6.45) is 3.70. The van der Waals surface area contributed by atoms with Crippen LogP contribution >= 0.6 is 0 Å². The Morgan fingerprint density at radius 2 is 1.56 bits per heavy atom. The summed E-state index contributed by atoms with van der Waals surface area (Å²) in [6.45, 7) is 7.40. The van der Waals surface area contributed by atoms with E-state index in [1.807, 2.05) is 68.4 Å². The molecular weight excluding hydrogens is 562 g/mol. The molecule has 9 heteroatoms. The van der Waals surface area contributed by atoms with Gasteiger partial charge in [0.15, 0.2) is 0 Å². The minimum Gasteiger partial charge on any atom is -0.494 e. The topological polar surface area (TPSA) is 96.0 Å². The van der Waals surface area contributed by atoms with E-state index in [9.17, 15) is 18.0 Å². The fourth-order valence-electron chi connectivity index (χ4n) is 4.83. The average molecular weight is 608 g/mol. The van der Waals surface area contributed by atoms with Gasteiger partial charge in [0.2, 0.25) is 21.8 Å². The lowest BCUT2D eigenvalue weighted by Gasteiger charge is -2.32. The second-order valence-corrected chi connectivity index (χ2v) is 12.6. The SMILES string of the molecule is CCCCNC(=O)[C@@H](Cc1ccccc1)N(Cc1ccc(C)cc1)C(=O)CCCN(c1ccc(OCC)cc1)S(C)(=O)=O. The zero-order valence-electron chi connectivity index (χ0n) is 25.8. The van der Waals surface area contributed by atoms with Crippen molar-refractivity contribution in [3.63, 3.8) is 0 Å². The number of nitrogens with one attached hydrogen (secondary N) is 1. The summed E-state index contributed by atoms with van der Waals surface area (Å²) < 4.78 is 32.2. The molecule has 3 aromatic rings. The van der Waals surface area contributed by atoms with Crippen molar-refractivity contribution >= 4 is 27.5 Å². The van der Waals surface area contributed by atoms with Gasteiger partial charge < -0.3 is 15.0 Å². The lowest BCUT2D eigenvalue weighted by atomic mass is 10.0. The van der Waals surface area contributed by atoms with Crippen molar-refractivity contribution in [2.45, 2.75) is 65.5 Å². The Morgan fingerprint density at radius 1 is 0.884 bits per heavy atom. The van der Waals surface area contributed by atoms with Gasteiger partial charge in [0.25, 0.3) is 0 Å². The molecule has 232 valence electrons. The summed E-state index contributed by atoms with van der Waals surface area (Å²) in [6, 6.07) is 23.8. The molecule has 1 N–H and O–H groups in total. The maximum Gasteiger partial charge on any atom is 0.243 e. The highest BCUT2D eigenvalue weighted by molar-refractivity contribution is 7.92. The van der Waals surface area contributed by atoms with Crippen LogP contribution in [0.2, 0.25) is 0 Å². The predicted octanol–water partition coefficient (Wildman–Crippen LogP) is 5.50. The highest BCUT2D eigenvalue weighted by Gasteiger charge is 2.30. The monoisotopic (exact) mass is 607 g/mol. The molecule has 43 heavy (non-hydrogen) atoms. The number of sulfonamides is 1. The molecule has 0 saturated heterocycles. The Kier molecular flexibility index (Phi) is 13.1. The van der Waals surface area contributed by atoms with E-state index in [4.69, 9.17) is 4.74 Å². The molecule has 0 unspecified atom stereocenters. The molecule has 0 spiro atoms. The number of unbranched alkanes of at least 4 members (excludes halogenated alkanes) is 1. The third kappa shape index (κ3) is 10.7.